The Balaban J connectivity index is 1.73. The molecule has 0 fully saturated rings. The van der Waals surface area contributed by atoms with Crippen LogP contribution >= 0.6 is 0 Å². The van der Waals surface area contributed by atoms with Gasteiger partial charge in [-0.2, -0.15) is 4.98 Å². The standard InChI is InChI=1S/C13H16N4O3/c1-9-14-13(17-16-9)15-12(18)7-8-20-11-5-3-10(19-2)4-6-11/h3-6H,7-8H2,1-2H3,(H2,14,15,16,17,18). The number of anilines is 1. The van der Waals surface area contributed by atoms with Gasteiger partial charge in [0.1, 0.15) is 17.3 Å². The maximum absolute atomic E-state index is 11.6. The molecule has 0 aliphatic rings. The molecule has 1 aromatic heterocycles. The highest BCUT2D eigenvalue weighted by atomic mass is 16.5. The molecule has 2 rings (SSSR count). The van der Waals surface area contributed by atoms with Gasteiger partial charge in [-0.1, -0.05) is 0 Å². The van der Waals surface area contributed by atoms with Crippen molar-refractivity contribution in [3.63, 3.8) is 0 Å². The average molecular weight is 276 g/mol. The number of benzene rings is 1. The molecule has 1 amide bonds. The average Bonchev–Trinajstić information content (AvgIpc) is 2.85. The second-order valence-electron chi connectivity index (χ2n) is 4.07. The van der Waals surface area contributed by atoms with Crippen molar-refractivity contribution in [3.05, 3.63) is 30.1 Å². The van der Waals surface area contributed by atoms with Crippen LogP contribution in [0.2, 0.25) is 0 Å². The molecule has 0 saturated carbocycles. The predicted octanol–water partition coefficient (Wildman–Crippen LogP) is 1.53. The van der Waals surface area contributed by atoms with Crippen molar-refractivity contribution in [2.24, 2.45) is 0 Å². The monoisotopic (exact) mass is 276 g/mol. The summed E-state index contributed by atoms with van der Waals surface area (Å²) in [7, 11) is 1.60. The van der Waals surface area contributed by atoms with Crippen molar-refractivity contribution in [2.75, 3.05) is 19.0 Å². The van der Waals surface area contributed by atoms with E-state index in [0.717, 1.165) is 5.75 Å². The van der Waals surface area contributed by atoms with Crippen molar-refractivity contribution in [3.8, 4) is 11.5 Å². The Morgan fingerprint density at radius 3 is 2.60 bits per heavy atom. The molecule has 1 heterocycles. The number of rotatable bonds is 6. The molecule has 2 aromatic rings. The van der Waals surface area contributed by atoms with Crippen LogP contribution in [0.3, 0.4) is 0 Å². The lowest BCUT2D eigenvalue weighted by atomic mass is 10.3. The molecule has 7 nitrogen and oxygen atoms in total. The fourth-order valence-electron chi connectivity index (χ4n) is 1.52. The van der Waals surface area contributed by atoms with E-state index in [1.807, 2.05) is 0 Å². The summed E-state index contributed by atoms with van der Waals surface area (Å²) in [5.74, 6) is 2.17. The van der Waals surface area contributed by atoms with Crippen molar-refractivity contribution in [1.29, 1.82) is 0 Å². The summed E-state index contributed by atoms with van der Waals surface area (Å²) < 4.78 is 10.5. The zero-order chi connectivity index (χ0) is 14.4. The van der Waals surface area contributed by atoms with Crippen LogP contribution in [0.25, 0.3) is 0 Å². The Morgan fingerprint density at radius 1 is 1.30 bits per heavy atom. The van der Waals surface area contributed by atoms with Crippen LogP contribution < -0.4 is 14.8 Å². The quantitative estimate of drug-likeness (QED) is 0.835. The van der Waals surface area contributed by atoms with Crippen molar-refractivity contribution in [2.45, 2.75) is 13.3 Å². The molecule has 2 N–H and O–H groups in total. The topological polar surface area (TPSA) is 89.1 Å². The number of aryl methyl sites for hydroxylation is 1. The van der Waals surface area contributed by atoms with E-state index in [-0.39, 0.29) is 24.9 Å². The number of nitrogens with one attached hydrogen (secondary N) is 2. The number of hydrogen-bond donors (Lipinski definition) is 2. The van der Waals surface area contributed by atoms with E-state index in [4.69, 9.17) is 9.47 Å². The van der Waals surface area contributed by atoms with Crippen molar-refractivity contribution >= 4 is 11.9 Å². The second kappa shape index (κ2) is 6.55. The predicted molar refractivity (Wildman–Crippen MR) is 72.9 cm³/mol. The van der Waals surface area contributed by atoms with Crippen LogP contribution in [-0.4, -0.2) is 34.8 Å². The fraction of sp³-hybridized carbons (Fsp3) is 0.308. The maximum Gasteiger partial charge on any atom is 0.248 e. The first-order valence-corrected chi connectivity index (χ1v) is 6.13. The minimum atomic E-state index is -0.197. The lowest BCUT2D eigenvalue weighted by Crippen LogP contribution is -2.16. The molecule has 0 aliphatic carbocycles. The molecule has 0 atom stereocenters. The Hall–Kier alpha value is -2.57. The molecule has 1 aromatic carbocycles. The smallest absolute Gasteiger partial charge is 0.248 e. The van der Waals surface area contributed by atoms with Crippen molar-refractivity contribution in [1.82, 2.24) is 15.2 Å². The molecular weight excluding hydrogens is 260 g/mol. The van der Waals surface area contributed by atoms with E-state index < -0.39 is 0 Å². The van der Waals surface area contributed by atoms with E-state index in [2.05, 4.69) is 20.5 Å². The first-order chi connectivity index (χ1) is 9.67. The van der Waals surface area contributed by atoms with Crippen LogP contribution in [0.4, 0.5) is 5.95 Å². The summed E-state index contributed by atoms with van der Waals surface area (Å²) >= 11 is 0. The van der Waals surface area contributed by atoms with Gasteiger partial charge < -0.3 is 9.47 Å². The number of carbonyl (C=O) groups is 1. The van der Waals surface area contributed by atoms with Crippen LogP contribution in [-0.2, 0) is 4.79 Å². The van der Waals surface area contributed by atoms with Gasteiger partial charge in [-0.25, -0.2) is 0 Å². The lowest BCUT2D eigenvalue weighted by molar-refractivity contribution is -0.116. The molecule has 7 heteroatoms. The van der Waals surface area contributed by atoms with Gasteiger partial charge in [0.25, 0.3) is 0 Å². The number of aromatic amines is 1. The number of hydrogen-bond acceptors (Lipinski definition) is 5. The molecule has 0 aliphatic heterocycles. The highest BCUT2D eigenvalue weighted by Gasteiger charge is 2.06. The summed E-state index contributed by atoms with van der Waals surface area (Å²) in [6.07, 6.45) is 0.222. The van der Waals surface area contributed by atoms with Gasteiger partial charge in [0.05, 0.1) is 20.1 Å². The minimum absolute atomic E-state index is 0.197. The second-order valence-corrected chi connectivity index (χ2v) is 4.07. The first-order valence-electron chi connectivity index (χ1n) is 6.13. The van der Waals surface area contributed by atoms with Crippen molar-refractivity contribution < 1.29 is 14.3 Å². The highest BCUT2D eigenvalue weighted by molar-refractivity contribution is 5.88. The van der Waals surface area contributed by atoms with Gasteiger partial charge in [-0.05, 0) is 31.2 Å². The molecule has 0 saturated heterocycles. The number of methoxy groups -OCH3 is 1. The van der Waals surface area contributed by atoms with E-state index in [1.54, 1.807) is 38.3 Å². The fourth-order valence-corrected chi connectivity index (χ4v) is 1.52. The zero-order valence-electron chi connectivity index (χ0n) is 11.3. The third-order valence-corrected chi connectivity index (χ3v) is 2.51. The number of nitrogens with zero attached hydrogens (tertiary/aromatic N) is 2. The SMILES string of the molecule is COc1ccc(OCCC(=O)Nc2n[nH]c(C)n2)cc1. The third-order valence-electron chi connectivity index (χ3n) is 2.51. The number of H-pyrrole nitrogens is 1. The molecule has 0 unspecified atom stereocenters. The van der Waals surface area contributed by atoms with E-state index >= 15 is 0 Å². The normalized spacial score (nSPS) is 10.1. The Bertz CT molecular complexity index is 565. The summed E-state index contributed by atoms with van der Waals surface area (Å²) in [5, 5.41) is 9.04. The number of aromatic nitrogens is 3. The Labute approximate surface area is 116 Å². The van der Waals surface area contributed by atoms with Crippen LogP contribution in [0, 0.1) is 6.92 Å². The van der Waals surface area contributed by atoms with Gasteiger partial charge in [0, 0.05) is 0 Å². The zero-order valence-corrected chi connectivity index (χ0v) is 11.3. The van der Waals surface area contributed by atoms with Gasteiger partial charge in [-0.15, -0.1) is 5.10 Å². The summed E-state index contributed by atoms with van der Waals surface area (Å²) in [5.41, 5.74) is 0. The highest BCUT2D eigenvalue weighted by Crippen LogP contribution is 2.17. The third kappa shape index (κ3) is 3.98. The van der Waals surface area contributed by atoms with Gasteiger partial charge >= 0.3 is 0 Å². The maximum atomic E-state index is 11.6. The van der Waals surface area contributed by atoms with E-state index in [0.29, 0.717) is 11.6 Å². The van der Waals surface area contributed by atoms with Gasteiger partial charge in [0.15, 0.2) is 0 Å². The summed E-state index contributed by atoms with van der Waals surface area (Å²) in [6.45, 7) is 2.04. The number of carbonyl (C=O) groups excluding carboxylic acids is 1. The Kier molecular flexibility index (Phi) is 4.54. The molecule has 0 bridgehead atoms. The number of ether oxygens (including phenoxy) is 2. The molecule has 106 valence electrons. The van der Waals surface area contributed by atoms with Gasteiger partial charge in [0.2, 0.25) is 11.9 Å². The molecular formula is C13H16N4O3. The summed E-state index contributed by atoms with van der Waals surface area (Å²) in [4.78, 5) is 15.6. The van der Waals surface area contributed by atoms with Crippen LogP contribution in [0.15, 0.2) is 24.3 Å². The van der Waals surface area contributed by atoms with Crippen LogP contribution in [0.5, 0.6) is 11.5 Å². The minimum Gasteiger partial charge on any atom is -0.497 e. The molecule has 0 radical (unpaired) electrons. The molecule has 20 heavy (non-hydrogen) atoms. The Morgan fingerprint density at radius 2 is 2.00 bits per heavy atom. The van der Waals surface area contributed by atoms with E-state index in [9.17, 15) is 4.79 Å². The van der Waals surface area contributed by atoms with Crippen LogP contribution in [0.1, 0.15) is 12.2 Å². The lowest BCUT2D eigenvalue weighted by Gasteiger charge is -2.06. The first kappa shape index (κ1) is 13.9. The number of amides is 1. The molecule has 0 spiro atoms. The van der Waals surface area contributed by atoms with E-state index in [1.165, 1.54) is 0 Å². The van der Waals surface area contributed by atoms with Gasteiger partial charge in [-0.3, -0.25) is 15.2 Å². The summed E-state index contributed by atoms with van der Waals surface area (Å²) in [6, 6.07) is 7.17. The largest absolute Gasteiger partial charge is 0.497 e.